The highest BCUT2D eigenvalue weighted by Crippen LogP contribution is 2.35. The molecule has 1 fully saturated rings. The van der Waals surface area contributed by atoms with Gasteiger partial charge in [0.15, 0.2) is 0 Å². The molecule has 29 heavy (non-hydrogen) atoms. The van der Waals surface area contributed by atoms with Gasteiger partial charge < -0.3 is 15.9 Å². The largest absolute Gasteiger partial charge is 0.397 e. The van der Waals surface area contributed by atoms with Crippen molar-refractivity contribution in [2.75, 3.05) is 19.7 Å². The predicted octanol–water partition coefficient (Wildman–Crippen LogP) is 2.99. The second-order valence-electron chi connectivity index (χ2n) is 7.18. The van der Waals surface area contributed by atoms with Crippen LogP contribution >= 0.6 is 9.24 Å². The van der Waals surface area contributed by atoms with Gasteiger partial charge in [-0.25, -0.2) is 0 Å². The van der Waals surface area contributed by atoms with Crippen molar-refractivity contribution in [1.82, 2.24) is 10.3 Å². The first-order chi connectivity index (χ1) is 13.9. The molecule has 1 aliphatic heterocycles. The molecule has 5 N–H and O–H groups in total. The summed E-state index contributed by atoms with van der Waals surface area (Å²) in [6.07, 6.45) is 1.02. The first-order valence-corrected chi connectivity index (χ1v) is 10.1. The van der Waals surface area contributed by atoms with Crippen LogP contribution in [0.25, 0.3) is 5.70 Å². The molecule has 0 amide bonds. The fourth-order valence-corrected chi connectivity index (χ4v) is 3.56. The van der Waals surface area contributed by atoms with Crippen LogP contribution in [0, 0.1) is 0 Å². The summed E-state index contributed by atoms with van der Waals surface area (Å²) in [6.45, 7) is 2.93. The lowest BCUT2D eigenvalue weighted by molar-refractivity contribution is 0.0725. The molecule has 0 bridgehead atoms. The summed E-state index contributed by atoms with van der Waals surface area (Å²) < 4.78 is 32.7. The van der Waals surface area contributed by atoms with E-state index in [0.717, 1.165) is 26.1 Å². The van der Waals surface area contributed by atoms with Crippen molar-refractivity contribution in [3.05, 3.63) is 77.0 Å². The van der Waals surface area contributed by atoms with Gasteiger partial charge in [0, 0.05) is 25.2 Å². The van der Waals surface area contributed by atoms with Crippen molar-refractivity contribution in [3.63, 3.8) is 0 Å². The van der Waals surface area contributed by atoms with Gasteiger partial charge in [0.1, 0.15) is 0 Å². The Kier molecular flexibility index (Phi) is 7.19. The molecular weight excluding hydrogens is 393 g/mol. The van der Waals surface area contributed by atoms with Crippen LogP contribution in [0.5, 0.6) is 0 Å². The van der Waals surface area contributed by atoms with Gasteiger partial charge in [0.25, 0.3) is 5.66 Å². The molecule has 0 aliphatic carbocycles. The first kappa shape index (κ1) is 21.7. The van der Waals surface area contributed by atoms with Crippen LogP contribution in [0.15, 0.2) is 60.3 Å². The third-order valence-corrected chi connectivity index (χ3v) is 5.35. The van der Waals surface area contributed by atoms with Gasteiger partial charge in [-0.15, -0.1) is 0 Å². The number of nitrogens with one attached hydrogen (secondary N) is 1. The molecule has 2 atom stereocenters. The number of nitrogens with zero attached hydrogens (tertiary/aromatic N) is 1. The monoisotopic (exact) mass is 420 g/mol. The fourth-order valence-electron chi connectivity index (χ4n) is 3.36. The normalized spacial score (nSPS) is 18.6. The lowest BCUT2D eigenvalue weighted by Crippen LogP contribution is -2.30. The third kappa shape index (κ3) is 5.97. The maximum atomic E-state index is 13.3. The molecule has 1 heterocycles. The zero-order valence-electron chi connectivity index (χ0n) is 16.2. The number of rotatable bonds is 8. The van der Waals surface area contributed by atoms with Gasteiger partial charge in [-0.2, -0.15) is 8.78 Å². The number of likely N-dealkylation sites (tertiary alicyclic amines) is 1. The minimum absolute atomic E-state index is 0.0908. The number of alkyl halides is 2. The maximum absolute atomic E-state index is 13.3. The van der Waals surface area contributed by atoms with Crippen LogP contribution in [-0.2, 0) is 16.9 Å². The van der Waals surface area contributed by atoms with E-state index >= 15 is 0 Å². The lowest BCUT2D eigenvalue weighted by atomic mass is 10.1. The summed E-state index contributed by atoms with van der Waals surface area (Å²) >= 11 is 0. The minimum Gasteiger partial charge on any atom is -0.397 e. The van der Waals surface area contributed by atoms with E-state index in [0.29, 0.717) is 17.0 Å². The number of nitrogens with two attached hydrogens (primary N) is 2. The lowest BCUT2D eigenvalue weighted by Gasteiger charge is -2.18. The maximum Gasteiger partial charge on any atom is 0.283 e. The van der Waals surface area contributed by atoms with E-state index in [2.05, 4.69) is 22.5 Å². The van der Waals surface area contributed by atoms with Crippen LogP contribution in [0.3, 0.4) is 0 Å². The summed E-state index contributed by atoms with van der Waals surface area (Å²) in [4.78, 5) is 2.35. The van der Waals surface area contributed by atoms with Crippen LogP contribution in [-0.4, -0.2) is 30.7 Å². The zero-order chi connectivity index (χ0) is 20.9. The van der Waals surface area contributed by atoms with Crippen LogP contribution in [0.4, 0.5) is 8.78 Å². The summed E-state index contributed by atoms with van der Waals surface area (Å²) in [7, 11) is 1.52. The van der Waals surface area contributed by atoms with Crippen molar-refractivity contribution in [2.24, 2.45) is 11.6 Å². The van der Waals surface area contributed by atoms with Crippen molar-refractivity contribution in [3.8, 4) is 0 Å². The molecule has 0 aromatic heterocycles. The number of hydrazine groups is 1. The van der Waals surface area contributed by atoms with Crippen LogP contribution < -0.4 is 17.0 Å². The molecule has 1 aliphatic rings. The Balaban J connectivity index is 1.57. The molecule has 0 spiro atoms. The van der Waals surface area contributed by atoms with Gasteiger partial charge in [-0.05, 0) is 17.5 Å². The Morgan fingerprint density at radius 2 is 1.86 bits per heavy atom. The number of ether oxygens (including phenoxy) is 1. The molecule has 0 saturated carbocycles. The van der Waals surface area contributed by atoms with E-state index in [-0.39, 0.29) is 18.3 Å². The number of hydrogen-bond donors (Lipinski definition) is 3. The number of benzene rings is 2. The highest BCUT2D eigenvalue weighted by molar-refractivity contribution is 7.17. The summed E-state index contributed by atoms with van der Waals surface area (Å²) in [5, 5.41) is 0. The van der Waals surface area contributed by atoms with Crippen LogP contribution in [0.2, 0.25) is 0 Å². The van der Waals surface area contributed by atoms with Gasteiger partial charge in [0.2, 0.25) is 0 Å². The molecule has 5 nitrogen and oxygen atoms in total. The molecule has 8 heteroatoms. The first-order valence-electron chi connectivity index (χ1n) is 9.47. The molecule has 2 aromatic carbocycles. The number of hydrogen-bond acceptors (Lipinski definition) is 5. The smallest absolute Gasteiger partial charge is 0.283 e. The van der Waals surface area contributed by atoms with Crippen molar-refractivity contribution >= 4 is 14.9 Å². The second kappa shape index (κ2) is 9.63. The van der Waals surface area contributed by atoms with E-state index in [9.17, 15) is 8.78 Å². The van der Waals surface area contributed by atoms with E-state index < -0.39 is 5.66 Å². The Hall–Kier alpha value is -2.05. The fraction of sp³-hybridized carbons (Fsp3) is 0.333. The van der Waals surface area contributed by atoms with Gasteiger partial charge in [0.05, 0.1) is 24.1 Å². The molecule has 2 unspecified atom stereocenters. The topological polar surface area (TPSA) is 76.5 Å². The molecular formula is C21H27F2N4OP. The highest BCUT2D eigenvalue weighted by atomic mass is 31.0. The predicted molar refractivity (Wildman–Crippen MR) is 115 cm³/mol. The van der Waals surface area contributed by atoms with Crippen molar-refractivity contribution < 1.29 is 13.5 Å². The summed E-state index contributed by atoms with van der Waals surface area (Å²) in [5.41, 5.74) is 8.49. The molecule has 0 radical (unpaired) electrons. The van der Waals surface area contributed by atoms with Gasteiger partial charge >= 0.3 is 0 Å². The van der Waals surface area contributed by atoms with E-state index in [1.807, 2.05) is 18.2 Å². The minimum atomic E-state index is -2.97. The highest BCUT2D eigenvalue weighted by Gasteiger charge is 2.25. The van der Waals surface area contributed by atoms with Gasteiger partial charge in [-0.3, -0.25) is 10.7 Å². The Labute approximate surface area is 172 Å². The zero-order valence-corrected chi connectivity index (χ0v) is 17.3. The average molecular weight is 420 g/mol. The second-order valence-corrected chi connectivity index (χ2v) is 7.90. The molecule has 1 saturated heterocycles. The van der Waals surface area contributed by atoms with Crippen molar-refractivity contribution in [1.29, 1.82) is 0 Å². The number of halogens is 2. The molecule has 3 rings (SSSR count). The Morgan fingerprint density at radius 1 is 1.17 bits per heavy atom. The van der Waals surface area contributed by atoms with E-state index in [1.165, 1.54) is 26.9 Å². The average Bonchev–Trinajstić information content (AvgIpc) is 3.15. The standard InChI is InChI=1S/C21H27F2N4OP/c22-21(23,29)17-8-6-16(7-9-17)20(24)19(26-25)14-28-18-10-11-27(13-18)12-15-4-2-1-3-5-15/h1-9,18,26H,10-14,24-25,29H2/b20-19-. The quantitative estimate of drug-likeness (QED) is 0.348. The third-order valence-electron chi connectivity index (χ3n) is 5.02. The van der Waals surface area contributed by atoms with Gasteiger partial charge in [-0.1, -0.05) is 63.8 Å². The Morgan fingerprint density at radius 3 is 2.48 bits per heavy atom. The van der Waals surface area contributed by atoms with E-state index in [4.69, 9.17) is 16.3 Å². The molecule has 156 valence electrons. The Bertz CT molecular complexity index is 825. The summed E-state index contributed by atoms with van der Waals surface area (Å²) in [6, 6.07) is 16.1. The SMILES string of the molecule is NN/C(COC1CCN(Cc2ccccc2)C1)=C(\N)c1ccc(C(F)(F)P)cc1. The summed E-state index contributed by atoms with van der Waals surface area (Å²) in [5.74, 6) is 5.62. The van der Waals surface area contributed by atoms with E-state index in [1.54, 1.807) is 12.1 Å². The van der Waals surface area contributed by atoms with Crippen molar-refractivity contribution in [2.45, 2.75) is 24.7 Å². The molecule has 2 aromatic rings. The van der Waals surface area contributed by atoms with Crippen LogP contribution in [0.1, 0.15) is 23.1 Å².